The van der Waals surface area contributed by atoms with E-state index in [0.29, 0.717) is 12.5 Å². The summed E-state index contributed by atoms with van der Waals surface area (Å²) in [5, 5.41) is 0. The van der Waals surface area contributed by atoms with E-state index in [4.69, 9.17) is 10.5 Å². The zero-order chi connectivity index (χ0) is 14.5. The first-order valence-electron chi connectivity index (χ1n) is 6.64. The van der Waals surface area contributed by atoms with Crippen molar-refractivity contribution in [2.45, 2.75) is 6.42 Å². The summed E-state index contributed by atoms with van der Waals surface area (Å²) in [6, 6.07) is 5.70. The maximum absolute atomic E-state index is 12.1. The van der Waals surface area contributed by atoms with Gasteiger partial charge in [-0.1, -0.05) is 15.9 Å². The quantitative estimate of drug-likeness (QED) is 0.857. The summed E-state index contributed by atoms with van der Waals surface area (Å²) in [5.74, 6) is 1.22. The highest BCUT2D eigenvalue weighted by Crippen LogP contribution is 2.24. The molecule has 1 saturated heterocycles. The second-order valence-electron chi connectivity index (χ2n) is 4.89. The van der Waals surface area contributed by atoms with Gasteiger partial charge in [0.1, 0.15) is 5.75 Å². The van der Waals surface area contributed by atoms with Gasteiger partial charge in [0.05, 0.1) is 7.11 Å². The van der Waals surface area contributed by atoms with Crippen molar-refractivity contribution in [1.29, 1.82) is 0 Å². The monoisotopic (exact) mass is 338 g/mol. The number of ether oxygens (including phenoxy) is 1. The van der Waals surface area contributed by atoms with E-state index in [2.05, 4.69) is 15.9 Å². The first-order valence-corrected chi connectivity index (χ1v) is 7.44. The van der Waals surface area contributed by atoms with Crippen molar-refractivity contribution < 1.29 is 9.53 Å². The standard InChI is InChI=1S/C15H19BrN2O2/c1-20-14-4-3-13(16)8-12(14)2-5-15(19)18-7-6-11(9-17)10-18/h2-5,8,11H,6-7,9-10,17H2,1H3. The summed E-state index contributed by atoms with van der Waals surface area (Å²) in [7, 11) is 1.62. The van der Waals surface area contributed by atoms with Crippen LogP contribution in [0, 0.1) is 5.92 Å². The molecule has 4 nitrogen and oxygen atoms in total. The SMILES string of the molecule is COc1ccc(Br)cc1C=CC(=O)N1CCC(CN)C1. The van der Waals surface area contributed by atoms with Gasteiger partial charge >= 0.3 is 0 Å². The number of halogens is 1. The molecule has 2 rings (SSSR count). The minimum Gasteiger partial charge on any atom is -0.496 e. The second-order valence-corrected chi connectivity index (χ2v) is 5.81. The van der Waals surface area contributed by atoms with Gasteiger partial charge < -0.3 is 15.4 Å². The van der Waals surface area contributed by atoms with Crippen LogP contribution >= 0.6 is 15.9 Å². The minimum atomic E-state index is 0.0305. The van der Waals surface area contributed by atoms with Crippen LogP contribution in [0.3, 0.4) is 0 Å². The van der Waals surface area contributed by atoms with E-state index in [0.717, 1.165) is 35.3 Å². The Morgan fingerprint density at radius 2 is 2.40 bits per heavy atom. The molecular weight excluding hydrogens is 320 g/mol. The fourth-order valence-electron chi connectivity index (χ4n) is 2.33. The van der Waals surface area contributed by atoms with Crippen LogP contribution in [0.5, 0.6) is 5.75 Å². The summed E-state index contributed by atoms with van der Waals surface area (Å²) in [4.78, 5) is 14.0. The van der Waals surface area contributed by atoms with E-state index in [-0.39, 0.29) is 5.91 Å². The van der Waals surface area contributed by atoms with Crippen molar-refractivity contribution in [2.24, 2.45) is 11.7 Å². The number of nitrogens with two attached hydrogens (primary N) is 1. The zero-order valence-electron chi connectivity index (χ0n) is 11.5. The number of nitrogens with zero attached hydrogens (tertiary/aromatic N) is 1. The van der Waals surface area contributed by atoms with E-state index in [1.54, 1.807) is 19.3 Å². The summed E-state index contributed by atoms with van der Waals surface area (Å²) in [6.07, 6.45) is 4.39. The van der Waals surface area contributed by atoms with Crippen molar-refractivity contribution in [3.8, 4) is 5.75 Å². The summed E-state index contributed by atoms with van der Waals surface area (Å²) < 4.78 is 6.23. The molecule has 0 saturated carbocycles. The Kier molecular flexibility index (Phi) is 5.20. The molecule has 1 fully saturated rings. The molecule has 2 N–H and O–H groups in total. The lowest BCUT2D eigenvalue weighted by atomic mass is 10.1. The number of hydrogen-bond acceptors (Lipinski definition) is 3. The molecule has 0 spiro atoms. The van der Waals surface area contributed by atoms with Crippen LogP contribution in [0.2, 0.25) is 0 Å². The Bertz CT molecular complexity index is 517. The van der Waals surface area contributed by atoms with E-state index in [1.165, 1.54) is 0 Å². The molecule has 1 aliphatic heterocycles. The number of rotatable bonds is 4. The fourth-order valence-corrected chi connectivity index (χ4v) is 2.71. The number of methoxy groups -OCH3 is 1. The number of carbonyl (C=O) groups is 1. The third-order valence-corrected chi connectivity index (χ3v) is 4.02. The Morgan fingerprint density at radius 1 is 1.60 bits per heavy atom. The lowest BCUT2D eigenvalue weighted by Gasteiger charge is -2.13. The predicted octanol–water partition coefficient (Wildman–Crippen LogP) is 2.28. The molecule has 1 unspecified atom stereocenters. The minimum absolute atomic E-state index is 0.0305. The summed E-state index contributed by atoms with van der Waals surface area (Å²) >= 11 is 3.42. The summed E-state index contributed by atoms with van der Waals surface area (Å²) in [5.41, 5.74) is 6.52. The molecule has 20 heavy (non-hydrogen) atoms. The van der Waals surface area contributed by atoms with Crippen LogP contribution in [-0.4, -0.2) is 37.6 Å². The van der Waals surface area contributed by atoms with Crippen LogP contribution in [0.4, 0.5) is 0 Å². The Hall–Kier alpha value is -1.33. The molecule has 1 aromatic rings. The molecule has 0 radical (unpaired) electrons. The van der Waals surface area contributed by atoms with Crippen LogP contribution in [0.25, 0.3) is 6.08 Å². The van der Waals surface area contributed by atoms with Crippen molar-refractivity contribution in [2.75, 3.05) is 26.7 Å². The van der Waals surface area contributed by atoms with Gasteiger partial charge in [-0.05, 0) is 43.2 Å². The third-order valence-electron chi connectivity index (χ3n) is 3.53. The van der Waals surface area contributed by atoms with Gasteiger partial charge in [0.15, 0.2) is 0 Å². The largest absolute Gasteiger partial charge is 0.496 e. The molecule has 1 atom stereocenters. The molecule has 0 aromatic heterocycles. The van der Waals surface area contributed by atoms with Crippen LogP contribution < -0.4 is 10.5 Å². The van der Waals surface area contributed by atoms with Gasteiger partial charge in [-0.2, -0.15) is 0 Å². The van der Waals surface area contributed by atoms with E-state index >= 15 is 0 Å². The Labute approximate surface area is 127 Å². The average molecular weight is 339 g/mol. The molecule has 5 heteroatoms. The number of amides is 1. The highest BCUT2D eigenvalue weighted by molar-refractivity contribution is 9.10. The topological polar surface area (TPSA) is 55.6 Å². The molecule has 0 bridgehead atoms. The molecule has 108 valence electrons. The van der Waals surface area contributed by atoms with Gasteiger partial charge in [0.2, 0.25) is 5.91 Å². The van der Waals surface area contributed by atoms with Gasteiger partial charge in [-0.15, -0.1) is 0 Å². The lowest BCUT2D eigenvalue weighted by Crippen LogP contribution is -2.28. The highest BCUT2D eigenvalue weighted by atomic mass is 79.9. The van der Waals surface area contributed by atoms with Gasteiger partial charge in [0.25, 0.3) is 0 Å². The molecule has 1 heterocycles. The molecule has 1 aliphatic rings. The van der Waals surface area contributed by atoms with E-state index < -0.39 is 0 Å². The van der Waals surface area contributed by atoms with Crippen LogP contribution in [0.15, 0.2) is 28.7 Å². The zero-order valence-corrected chi connectivity index (χ0v) is 13.1. The highest BCUT2D eigenvalue weighted by Gasteiger charge is 2.23. The second kappa shape index (κ2) is 6.90. The normalized spacial score (nSPS) is 18.8. The van der Waals surface area contributed by atoms with E-state index in [9.17, 15) is 4.79 Å². The van der Waals surface area contributed by atoms with Crippen LogP contribution in [0.1, 0.15) is 12.0 Å². The number of likely N-dealkylation sites (tertiary alicyclic amines) is 1. The first kappa shape index (κ1) is 15.1. The molecule has 1 aromatic carbocycles. The number of hydrogen-bond donors (Lipinski definition) is 1. The Morgan fingerprint density at radius 3 is 3.05 bits per heavy atom. The van der Waals surface area contributed by atoms with Crippen LogP contribution in [-0.2, 0) is 4.79 Å². The van der Waals surface area contributed by atoms with Gasteiger partial charge in [0, 0.05) is 29.2 Å². The number of carbonyl (C=O) groups excluding carboxylic acids is 1. The van der Waals surface area contributed by atoms with Gasteiger partial charge in [-0.25, -0.2) is 0 Å². The first-order chi connectivity index (χ1) is 9.63. The molecule has 0 aliphatic carbocycles. The van der Waals surface area contributed by atoms with Crippen molar-refractivity contribution in [1.82, 2.24) is 4.90 Å². The maximum atomic E-state index is 12.1. The van der Waals surface area contributed by atoms with Crippen molar-refractivity contribution in [3.63, 3.8) is 0 Å². The summed E-state index contributed by atoms with van der Waals surface area (Å²) in [6.45, 7) is 2.20. The van der Waals surface area contributed by atoms with E-state index in [1.807, 2.05) is 23.1 Å². The maximum Gasteiger partial charge on any atom is 0.246 e. The Balaban J connectivity index is 2.06. The lowest BCUT2D eigenvalue weighted by molar-refractivity contribution is -0.125. The molecule has 1 amide bonds. The van der Waals surface area contributed by atoms with Crippen molar-refractivity contribution >= 4 is 27.9 Å². The van der Waals surface area contributed by atoms with Gasteiger partial charge in [-0.3, -0.25) is 4.79 Å². The number of benzene rings is 1. The fraction of sp³-hybridized carbons (Fsp3) is 0.400. The average Bonchev–Trinajstić information content (AvgIpc) is 2.94. The van der Waals surface area contributed by atoms with Crippen molar-refractivity contribution in [3.05, 3.63) is 34.3 Å². The third kappa shape index (κ3) is 3.61. The predicted molar refractivity (Wildman–Crippen MR) is 83.5 cm³/mol. The molecular formula is C15H19BrN2O2. The smallest absolute Gasteiger partial charge is 0.246 e.